The van der Waals surface area contributed by atoms with Gasteiger partial charge in [0.25, 0.3) is 15.2 Å². The van der Waals surface area contributed by atoms with Gasteiger partial charge < -0.3 is 0 Å². The quantitative estimate of drug-likeness (QED) is 0.539. The highest BCUT2D eigenvalue weighted by molar-refractivity contribution is 7.57. The fourth-order valence-corrected chi connectivity index (χ4v) is 13.1. The Bertz CT molecular complexity index is 649. The molecule has 0 bridgehead atoms. The van der Waals surface area contributed by atoms with E-state index in [1.54, 1.807) is 0 Å². The third-order valence-corrected chi connectivity index (χ3v) is 15.5. The minimum atomic E-state index is -2.70. The van der Waals surface area contributed by atoms with E-state index in [1.165, 1.54) is 25.7 Å². The van der Waals surface area contributed by atoms with Crippen molar-refractivity contribution in [1.29, 1.82) is 0 Å². The summed E-state index contributed by atoms with van der Waals surface area (Å²) >= 11 is 0. The first-order valence-electron chi connectivity index (χ1n) is 12.2. The van der Waals surface area contributed by atoms with Crippen molar-refractivity contribution in [2.75, 3.05) is 55.4 Å². The fourth-order valence-electron chi connectivity index (χ4n) is 6.90. The van der Waals surface area contributed by atoms with E-state index in [-0.39, 0.29) is 0 Å². The smallest absolute Gasteiger partial charge is 0.270 e. The predicted octanol–water partition coefficient (Wildman–Crippen LogP) is 3.83. The molecule has 2 aliphatic carbocycles. The number of nitrogens with zero attached hydrogens (tertiary/aromatic N) is 6. The van der Waals surface area contributed by atoms with E-state index < -0.39 is 15.2 Å². The Labute approximate surface area is 189 Å². The van der Waals surface area contributed by atoms with Crippen LogP contribution in [-0.2, 0) is 9.13 Å². The van der Waals surface area contributed by atoms with Gasteiger partial charge in [0.05, 0.1) is 0 Å². The zero-order valence-electron chi connectivity index (χ0n) is 20.5. The second-order valence-corrected chi connectivity index (χ2v) is 16.2. The lowest BCUT2D eigenvalue weighted by Crippen LogP contribution is -2.37. The third-order valence-electron chi connectivity index (χ3n) is 8.80. The van der Waals surface area contributed by atoms with Crippen LogP contribution in [0.1, 0.15) is 57.8 Å². The molecule has 0 N–H and O–H groups in total. The van der Waals surface area contributed by atoms with Crippen molar-refractivity contribution in [3.8, 4) is 0 Å². The summed E-state index contributed by atoms with van der Waals surface area (Å²) in [5.74, 6) is 0. The van der Waals surface area contributed by atoms with E-state index in [4.69, 9.17) is 0 Å². The van der Waals surface area contributed by atoms with Crippen LogP contribution in [0.5, 0.6) is 0 Å². The van der Waals surface area contributed by atoms with E-state index in [0.717, 1.165) is 45.2 Å². The SMILES string of the molecule is CN(CCCN(C)P1(=O)N(C)[C@@H]2CCCC[C@H]2N1C)P1(=O)N(C)[C@@H]2CCCC[C@H]2N1C. The van der Waals surface area contributed by atoms with Crippen LogP contribution in [-0.4, -0.2) is 108 Å². The highest BCUT2D eigenvalue weighted by Gasteiger charge is 2.55. The maximum atomic E-state index is 14.1. The lowest BCUT2D eigenvalue weighted by Gasteiger charge is -2.36. The van der Waals surface area contributed by atoms with Gasteiger partial charge in [-0.05, 0) is 74.4 Å². The average molecular weight is 475 g/mol. The molecular formula is C21H44N6O2P2. The topological polar surface area (TPSA) is 53.6 Å². The zero-order chi connectivity index (χ0) is 22.6. The lowest BCUT2D eigenvalue weighted by molar-refractivity contribution is 0.233. The molecule has 4 aliphatic rings. The standard InChI is InChI=1S/C21H44N6O2P2/c1-22(30(28)24(3)18-12-7-8-13-19(18)25(30)4)16-11-17-23(2)31(29)26(5)20-14-9-10-15-21(20)27(31)6/h18-21H,7-17H2,1-6H3/t18-,19-,20-,21-/m1/s1. The van der Waals surface area contributed by atoms with Crippen molar-refractivity contribution in [3.05, 3.63) is 0 Å². The first kappa shape index (κ1) is 24.3. The minimum absolute atomic E-state index is 0.412. The maximum Gasteiger partial charge on any atom is 0.286 e. The molecule has 2 saturated carbocycles. The zero-order valence-corrected chi connectivity index (χ0v) is 22.3. The summed E-state index contributed by atoms with van der Waals surface area (Å²) in [6, 6.07) is 1.65. The first-order chi connectivity index (χ1) is 14.6. The molecule has 180 valence electrons. The summed E-state index contributed by atoms with van der Waals surface area (Å²) in [5, 5.41) is 0. The summed E-state index contributed by atoms with van der Waals surface area (Å²) in [7, 11) is 6.83. The Morgan fingerprint density at radius 1 is 0.613 bits per heavy atom. The Kier molecular flexibility index (Phi) is 7.15. The molecule has 31 heavy (non-hydrogen) atoms. The molecule has 4 fully saturated rings. The van der Waals surface area contributed by atoms with Crippen LogP contribution in [0.2, 0.25) is 0 Å². The van der Waals surface area contributed by atoms with Gasteiger partial charge in [0, 0.05) is 37.3 Å². The molecule has 8 nitrogen and oxygen atoms in total. The summed E-state index contributed by atoms with van der Waals surface area (Å²) in [5.41, 5.74) is 0. The molecule has 0 aromatic carbocycles. The number of fused-ring (bicyclic) bond motifs is 2. The summed E-state index contributed by atoms with van der Waals surface area (Å²) in [4.78, 5) is 0. The molecule has 0 aromatic heterocycles. The summed E-state index contributed by atoms with van der Waals surface area (Å²) in [6.45, 7) is 1.49. The number of likely N-dealkylation sites (N-methyl/N-ethyl adjacent to an activating group) is 4. The highest BCUT2D eigenvalue weighted by Crippen LogP contribution is 2.64. The van der Waals surface area contributed by atoms with Crippen LogP contribution < -0.4 is 0 Å². The van der Waals surface area contributed by atoms with Gasteiger partial charge in [-0.15, -0.1) is 0 Å². The van der Waals surface area contributed by atoms with Gasteiger partial charge in [-0.2, -0.15) is 0 Å². The third kappa shape index (κ3) is 3.74. The van der Waals surface area contributed by atoms with Crippen molar-refractivity contribution < 1.29 is 9.13 Å². The number of hydrogen-bond donors (Lipinski definition) is 0. The van der Waals surface area contributed by atoms with Crippen LogP contribution in [0.15, 0.2) is 0 Å². The number of rotatable bonds is 6. The fraction of sp³-hybridized carbons (Fsp3) is 1.00. The predicted molar refractivity (Wildman–Crippen MR) is 128 cm³/mol. The second-order valence-electron chi connectivity index (χ2n) is 10.3. The van der Waals surface area contributed by atoms with Gasteiger partial charge in [0.15, 0.2) is 0 Å². The second kappa shape index (κ2) is 9.11. The maximum absolute atomic E-state index is 14.1. The van der Waals surface area contributed by atoms with E-state index in [0.29, 0.717) is 24.2 Å². The van der Waals surface area contributed by atoms with Gasteiger partial charge in [0.2, 0.25) is 0 Å². The van der Waals surface area contributed by atoms with Gasteiger partial charge in [-0.25, -0.2) is 28.0 Å². The Balaban J connectivity index is 1.38. The Morgan fingerprint density at radius 2 is 0.871 bits per heavy atom. The largest absolute Gasteiger partial charge is 0.286 e. The van der Waals surface area contributed by atoms with Crippen molar-refractivity contribution in [3.63, 3.8) is 0 Å². The van der Waals surface area contributed by atoms with Crippen LogP contribution >= 0.6 is 15.2 Å². The van der Waals surface area contributed by atoms with E-state index >= 15 is 0 Å². The molecule has 4 atom stereocenters. The van der Waals surface area contributed by atoms with Crippen LogP contribution in [0.25, 0.3) is 0 Å². The highest BCUT2D eigenvalue weighted by atomic mass is 31.2. The number of hydrogen-bond acceptors (Lipinski definition) is 2. The van der Waals surface area contributed by atoms with E-state index in [2.05, 4.69) is 56.2 Å². The molecule has 10 heteroatoms. The lowest BCUT2D eigenvalue weighted by atomic mass is 9.91. The van der Waals surface area contributed by atoms with Crippen molar-refractivity contribution in [1.82, 2.24) is 28.0 Å². The Morgan fingerprint density at radius 3 is 1.13 bits per heavy atom. The Hall–Kier alpha value is 0.220. The molecule has 4 rings (SSSR count). The van der Waals surface area contributed by atoms with Crippen molar-refractivity contribution in [2.45, 2.75) is 82.0 Å². The van der Waals surface area contributed by atoms with Crippen molar-refractivity contribution in [2.24, 2.45) is 0 Å². The van der Waals surface area contributed by atoms with E-state index in [1.807, 2.05) is 14.1 Å². The summed E-state index contributed by atoms with van der Waals surface area (Å²) in [6.07, 6.45) is 10.4. The molecule has 2 saturated heterocycles. The monoisotopic (exact) mass is 474 g/mol. The first-order valence-corrected chi connectivity index (χ1v) is 15.3. The van der Waals surface area contributed by atoms with Gasteiger partial charge in [-0.3, -0.25) is 9.13 Å². The van der Waals surface area contributed by atoms with Crippen LogP contribution in [0, 0.1) is 0 Å². The molecule has 0 amide bonds. The van der Waals surface area contributed by atoms with Crippen LogP contribution in [0.4, 0.5) is 0 Å². The molecule has 0 spiro atoms. The molecule has 2 aliphatic heterocycles. The van der Waals surface area contributed by atoms with Crippen LogP contribution in [0.3, 0.4) is 0 Å². The van der Waals surface area contributed by atoms with Crippen molar-refractivity contribution >= 4 is 15.2 Å². The molecule has 0 unspecified atom stereocenters. The van der Waals surface area contributed by atoms with Gasteiger partial charge >= 0.3 is 0 Å². The van der Waals surface area contributed by atoms with Gasteiger partial charge in [0.1, 0.15) is 0 Å². The molecular weight excluding hydrogens is 430 g/mol. The minimum Gasteiger partial charge on any atom is -0.270 e. The normalized spacial score (nSPS) is 36.9. The van der Waals surface area contributed by atoms with E-state index in [9.17, 15) is 9.13 Å². The van der Waals surface area contributed by atoms with Gasteiger partial charge in [-0.1, -0.05) is 25.7 Å². The molecule has 0 radical (unpaired) electrons. The molecule has 0 aromatic rings. The average Bonchev–Trinajstić information content (AvgIpc) is 3.11. The molecule has 2 heterocycles. The summed E-state index contributed by atoms with van der Waals surface area (Å²) < 4.78 is 41.1.